The number of aromatic nitrogens is 2. The van der Waals surface area contributed by atoms with Gasteiger partial charge in [-0.25, -0.2) is 4.39 Å². The van der Waals surface area contributed by atoms with Crippen molar-refractivity contribution in [1.82, 2.24) is 15.3 Å². The molecule has 0 unspecified atom stereocenters. The Labute approximate surface area is 182 Å². The maximum absolute atomic E-state index is 13.1. The van der Waals surface area contributed by atoms with E-state index in [-0.39, 0.29) is 5.82 Å². The molecular formula is C22H29FN6S. The van der Waals surface area contributed by atoms with Gasteiger partial charge < -0.3 is 20.4 Å². The SMILES string of the molecule is C[C@H]1CCCCN1c1cc(N2CCCC2)nc(NC(=S)NCc2ccc(F)cc2)n1. The Kier molecular flexibility index (Phi) is 6.62. The molecule has 2 saturated heterocycles. The standard InChI is InChI=1S/C22H29FN6S/c1-16-6-2-3-13-29(16)20-14-19(28-11-4-5-12-28)25-21(26-20)27-22(30)24-15-17-7-9-18(23)10-8-17/h7-10,14,16H,2-6,11-13,15H2,1H3,(H2,24,25,26,27,30)/t16-/m0/s1. The lowest BCUT2D eigenvalue weighted by Crippen LogP contribution is -2.38. The molecule has 0 saturated carbocycles. The maximum Gasteiger partial charge on any atom is 0.232 e. The van der Waals surface area contributed by atoms with Crippen LogP contribution in [0.3, 0.4) is 0 Å². The average Bonchev–Trinajstić information content (AvgIpc) is 3.28. The van der Waals surface area contributed by atoms with Gasteiger partial charge in [-0.15, -0.1) is 0 Å². The Balaban J connectivity index is 1.49. The summed E-state index contributed by atoms with van der Waals surface area (Å²) in [4.78, 5) is 14.2. The minimum Gasteiger partial charge on any atom is -0.358 e. The number of thiocarbonyl (C=S) groups is 1. The number of anilines is 3. The van der Waals surface area contributed by atoms with Crippen LogP contribution in [0.1, 0.15) is 44.6 Å². The van der Waals surface area contributed by atoms with Crippen LogP contribution in [0.4, 0.5) is 22.0 Å². The number of hydrogen-bond donors (Lipinski definition) is 2. The Morgan fingerprint density at radius 3 is 2.50 bits per heavy atom. The summed E-state index contributed by atoms with van der Waals surface area (Å²) in [5.41, 5.74) is 0.954. The molecule has 6 nitrogen and oxygen atoms in total. The molecule has 8 heteroatoms. The van der Waals surface area contributed by atoms with Gasteiger partial charge in [0.2, 0.25) is 5.95 Å². The molecule has 2 aliphatic rings. The van der Waals surface area contributed by atoms with Crippen LogP contribution >= 0.6 is 12.2 Å². The summed E-state index contributed by atoms with van der Waals surface area (Å²) in [6.07, 6.45) is 6.03. The van der Waals surface area contributed by atoms with Gasteiger partial charge in [0.15, 0.2) is 5.11 Å². The first kappa shape index (κ1) is 20.8. The third-order valence-electron chi connectivity index (χ3n) is 5.82. The molecular weight excluding hydrogens is 399 g/mol. The molecule has 2 aliphatic heterocycles. The van der Waals surface area contributed by atoms with Crippen molar-refractivity contribution in [3.05, 3.63) is 41.7 Å². The van der Waals surface area contributed by atoms with Crippen molar-refractivity contribution in [3.8, 4) is 0 Å². The highest BCUT2D eigenvalue weighted by molar-refractivity contribution is 7.80. The van der Waals surface area contributed by atoms with Crippen molar-refractivity contribution >= 4 is 34.9 Å². The molecule has 3 heterocycles. The highest BCUT2D eigenvalue weighted by Crippen LogP contribution is 2.28. The van der Waals surface area contributed by atoms with Crippen LogP contribution in [0.15, 0.2) is 30.3 Å². The first-order valence-electron chi connectivity index (χ1n) is 10.8. The molecule has 1 aromatic heterocycles. The lowest BCUT2D eigenvalue weighted by atomic mass is 10.0. The molecule has 0 radical (unpaired) electrons. The second kappa shape index (κ2) is 9.55. The van der Waals surface area contributed by atoms with Gasteiger partial charge in [0.25, 0.3) is 0 Å². The number of rotatable bonds is 5. The van der Waals surface area contributed by atoms with Crippen LogP contribution in [-0.2, 0) is 6.54 Å². The normalized spacial score (nSPS) is 19.1. The van der Waals surface area contributed by atoms with Crippen LogP contribution in [0.5, 0.6) is 0 Å². The van der Waals surface area contributed by atoms with E-state index in [2.05, 4.69) is 33.4 Å². The van der Waals surface area contributed by atoms with Crippen molar-refractivity contribution in [2.75, 3.05) is 34.8 Å². The Morgan fingerprint density at radius 1 is 1.07 bits per heavy atom. The Hall–Kier alpha value is -2.48. The van der Waals surface area contributed by atoms with Gasteiger partial charge in [0, 0.05) is 38.3 Å². The highest BCUT2D eigenvalue weighted by atomic mass is 32.1. The predicted molar refractivity (Wildman–Crippen MR) is 124 cm³/mol. The highest BCUT2D eigenvalue weighted by Gasteiger charge is 2.23. The monoisotopic (exact) mass is 428 g/mol. The van der Waals surface area contributed by atoms with Crippen LogP contribution in [0.25, 0.3) is 0 Å². The van der Waals surface area contributed by atoms with E-state index in [1.165, 1.54) is 44.2 Å². The van der Waals surface area contributed by atoms with Crippen molar-refractivity contribution in [3.63, 3.8) is 0 Å². The van der Waals surface area contributed by atoms with E-state index in [1.807, 2.05) is 0 Å². The lowest BCUT2D eigenvalue weighted by molar-refractivity contribution is 0.481. The minimum absolute atomic E-state index is 0.244. The van der Waals surface area contributed by atoms with Crippen LogP contribution in [0, 0.1) is 5.82 Å². The molecule has 160 valence electrons. The Bertz CT molecular complexity index is 868. The van der Waals surface area contributed by atoms with Gasteiger partial charge in [-0.1, -0.05) is 12.1 Å². The molecule has 1 aromatic carbocycles. The van der Waals surface area contributed by atoms with Crippen molar-refractivity contribution < 1.29 is 4.39 Å². The number of benzene rings is 1. The summed E-state index contributed by atoms with van der Waals surface area (Å²) >= 11 is 5.46. The lowest BCUT2D eigenvalue weighted by Gasteiger charge is -2.35. The van der Waals surface area contributed by atoms with E-state index in [0.717, 1.165) is 36.8 Å². The molecule has 2 aromatic rings. The molecule has 0 spiro atoms. The van der Waals surface area contributed by atoms with Gasteiger partial charge >= 0.3 is 0 Å². The maximum atomic E-state index is 13.1. The van der Waals surface area contributed by atoms with Crippen molar-refractivity contribution in [2.24, 2.45) is 0 Å². The smallest absolute Gasteiger partial charge is 0.232 e. The first-order chi connectivity index (χ1) is 14.6. The van der Waals surface area contributed by atoms with E-state index < -0.39 is 0 Å². The van der Waals surface area contributed by atoms with Gasteiger partial charge in [0.05, 0.1) is 0 Å². The van der Waals surface area contributed by atoms with Gasteiger partial charge in [-0.3, -0.25) is 0 Å². The van der Waals surface area contributed by atoms with Crippen LogP contribution in [0.2, 0.25) is 0 Å². The van der Waals surface area contributed by atoms with Crippen molar-refractivity contribution in [1.29, 1.82) is 0 Å². The summed E-state index contributed by atoms with van der Waals surface area (Å²) in [5.74, 6) is 2.19. The molecule has 2 N–H and O–H groups in total. The zero-order valence-electron chi connectivity index (χ0n) is 17.4. The molecule has 30 heavy (non-hydrogen) atoms. The first-order valence-corrected chi connectivity index (χ1v) is 11.2. The number of halogens is 1. The quantitative estimate of drug-likeness (QED) is 0.696. The fourth-order valence-corrected chi connectivity index (χ4v) is 4.27. The summed E-state index contributed by atoms with van der Waals surface area (Å²) in [7, 11) is 0. The summed E-state index contributed by atoms with van der Waals surface area (Å²) < 4.78 is 13.1. The fraction of sp³-hybridized carbons (Fsp3) is 0.500. The third kappa shape index (κ3) is 5.16. The van der Waals surface area contributed by atoms with Gasteiger partial charge in [-0.05, 0) is 68.9 Å². The molecule has 0 amide bonds. The van der Waals surface area contributed by atoms with E-state index >= 15 is 0 Å². The number of hydrogen-bond acceptors (Lipinski definition) is 5. The second-order valence-corrected chi connectivity index (χ2v) is 8.48. The summed E-state index contributed by atoms with van der Waals surface area (Å²) in [6, 6.07) is 8.96. The second-order valence-electron chi connectivity index (χ2n) is 8.07. The molecule has 1 atom stereocenters. The summed E-state index contributed by atoms with van der Waals surface area (Å²) in [5, 5.41) is 6.76. The summed E-state index contributed by atoms with van der Waals surface area (Å²) in [6.45, 7) is 5.84. The van der Waals surface area contributed by atoms with Crippen LogP contribution < -0.4 is 20.4 Å². The average molecular weight is 429 g/mol. The fourth-order valence-electron chi connectivity index (χ4n) is 4.10. The number of nitrogens with one attached hydrogen (secondary N) is 2. The van der Waals surface area contributed by atoms with Crippen molar-refractivity contribution in [2.45, 2.75) is 51.6 Å². The number of piperidine rings is 1. The van der Waals surface area contributed by atoms with E-state index in [0.29, 0.717) is 23.6 Å². The predicted octanol–water partition coefficient (Wildman–Crippen LogP) is 4.08. The topological polar surface area (TPSA) is 56.3 Å². The minimum atomic E-state index is -0.244. The number of nitrogens with zero attached hydrogens (tertiary/aromatic N) is 4. The van der Waals surface area contributed by atoms with Gasteiger partial charge in [-0.2, -0.15) is 9.97 Å². The van der Waals surface area contributed by atoms with E-state index in [4.69, 9.17) is 22.2 Å². The zero-order chi connectivity index (χ0) is 20.9. The molecule has 4 rings (SSSR count). The zero-order valence-corrected chi connectivity index (χ0v) is 18.2. The third-order valence-corrected chi connectivity index (χ3v) is 6.06. The molecule has 0 bridgehead atoms. The largest absolute Gasteiger partial charge is 0.358 e. The van der Waals surface area contributed by atoms with Crippen LogP contribution in [-0.4, -0.2) is 40.8 Å². The van der Waals surface area contributed by atoms with E-state index in [9.17, 15) is 4.39 Å². The van der Waals surface area contributed by atoms with E-state index in [1.54, 1.807) is 12.1 Å². The Morgan fingerprint density at radius 2 is 1.77 bits per heavy atom. The molecule has 2 fully saturated rings. The molecule has 0 aliphatic carbocycles. The van der Waals surface area contributed by atoms with Gasteiger partial charge in [0.1, 0.15) is 17.5 Å².